The second-order valence-electron chi connectivity index (χ2n) is 19.2. The molecule has 6 nitrogen and oxygen atoms in total. The summed E-state index contributed by atoms with van der Waals surface area (Å²) in [5, 5.41) is 0. The lowest BCUT2D eigenvalue weighted by molar-refractivity contribution is -0.167. The van der Waals surface area contributed by atoms with E-state index >= 15 is 0 Å². The number of hydrogen-bond acceptors (Lipinski definition) is 6. The molecule has 0 aliphatic heterocycles. The number of carbonyl (C=O) groups excluding carboxylic acids is 3. The Balaban J connectivity index is 4.37. The minimum atomic E-state index is -0.789. The SMILES string of the molecule is CC/C=C\C/C=C\C/C=C\C/C=C\C/C=C\CCCCCCCCCC(=O)OCC(COC(=O)CCCCCCC/C=C\CCCCCCC)OC(=O)CCCCCCC/C=C\CCCCCCC. The second-order valence-corrected chi connectivity index (χ2v) is 19.2. The van der Waals surface area contributed by atoms with E-state index in [0.717, 1.165) is 116 Å². The molecule has 0 fully saturated rings. The van der Waals surface area contributed by atoms with Gasteiger partial charge in [-0.05, 0) is 116 Å². The van der Waals surface area contributed by atoms with E-state index in [0.29, 0.717) is 19.3 Å². The third-order valence-corrected chi connectivity index (χ3v) is 12.4. The van der Waals surface area contributed by atoms with Crippen LogP contribution < -0.4 is 0 Å². The fourth-order valence-corrected chi connectivity index (χ4v) is 7.99. The van der Waals surface area contributed by atoms with Gasteiger partial charge in [0.25, 0.3) is 0 Å². The van der Waals surface area contributed by atoms with Gasteiger partial charge < -0.3 is 14.2 Å². The number of unbranched alkanes of at least 4 members (excludes halogenated alkanes) is 27. The first kappa shape index (κ1) is 65.6. The maximum Gasteiger partial charge on any atom is 0.306 e. The van der Waals surface area contributed by atoms with Crippen LogP contribution in [0, 0.1) is 0 Å². The molecular formula is C63H108O6. The third-order valence-electron chi connectivity index (χ3n) is 12.4. The number of rotatable bonds is 52. The Morgan fingerprint density at radius 1 is 0.304 bits per heavy atom. The maximum absolute atomic E-state index is 12.8. The van der Waals surface area contributed by atoms with Gasteiger partial charge in [0.15, 0.2) is 6.10 Å². The summed E-state index contributed by atoms with van der Waals surface area (Å²) in [7, 11) is 0. The molecule has 0 saturated carbocycles. The molecule has 6 heteroatoms. The third kappa shape index (κ3) is 55.4. The average Bonchev–Trinajstić information content (AvgIpc) is 3.35. The monoisotopic (exact) mass is 961 g/mol. The molecule has 0 bridgehead atoms. The van der Waals surface area contributed by atoms with Crippen molar-refractivity contribution in [2.45, 2.75) is 284 Å². The van der Waals surface area contributed by atoms with Crippen molar-refractivity contribution in [3.05, 3.63) is 85.1 Å². The van der Waals surface area contributed by atoms with Gasteiger partial charge in [-0.25, -0.2) is 0 Å². The molecule has 1 unspecified atom stereocenters. The number of carbonyl (C=O) groups is 3. The van der Waals surface area contributed by atoms with Crippen LogP contribution in [0.5, 0.6) is 0 Å². The molecule has 0 saturated heterocycles. The Labute approximate surface area is 426 Å². The van der Waals surface area contributed by atoms with Gasteiger partial charge in [0.1, 0.15) is 13.2 Å². The van der Waals surface area contributed by atoms with Gasteiger partial charge in [-0.1, -0.05) is 228 Å². The number of ether oxygens (including phenoxy) is 3. The lowest BCUT2D eigenvalue weighted by atomic mass is 10.1. The van der Waals surface area contributed by atoms with Crippen LogP contribution >= 0.6 is 0 Å². The Bertz CT molecular complexity index is 1330. The van der Waals surface area contributed by atoms with Crippen LogP contribution in [0.1, 0.15) is 278 Å². The number of allylic oxidation sites excluding steroid dienone is 14. The first-order chi connectivity index (χ1) is 34.0. The Hall–Kier alpha value is -3.41. The Morgan fingerprint density at radius 3 is 0.899 bits per heavy atom. The van der Waals surface area contributed by atoms with Gasteiger partial charge in [-0.2, -0.15) is 0 Å². The predicted octanol–water partition coefficient (Wildman–Crippen LogP) is 19.5. The van der Waals surface area contributed by atoms with Crippen molar-refractivity contribution in [3.63, 3.8) is 0 Å². The van der Waals surface area contributed by atoms with E-state index in [1.807, 2.05) is 0 Å². The largest absolute Gasteiger partial charge is 0.462 e. The summed E-state index contributed by atoms with van der Waals surface area (Å²) in [6, 6.07) is 0. The second kappa shape index (κ2) is 57.2. The minimum Gasteiger partial charge on any atom is -0.462 e. The minimum absolute atomic E-state index is 0.0872. The van der Waals surface area contributed by atoms with Gasteiger partial charge in [-0.15, -0.1) is 0 Å². The van der Waals surface area contributed by atoms with Crippen LogP contribution in [0.2, 0.25) is 0 Å². The molecule has 0 aliphatic carbocycles. The number of esters is 3. The molecule has 69 heavy (non-hydrogen) atoms. The highest BCUT2D eigenvalue weighted by Gasteiger charge is 2.19. The zero-order chi connectivity index (χ0) is 50.0. The summed E-state index contributed by atoms with van der Waals surface area (Å²) in [4.78, 5) is 38.1. The van der Waals surface area contributed by atoms with Crippen LogP contribution in [-0.2, 0) is 28.6 Å². The Morgan fingerprint density at radius 2 is 0.565 bits per heavy atom. The smallest absolute Gasteiger partial charge is 0.306 e. The summed E-state index contributed by atoms with van der Waals surface area (Å²) in [6.45, 7) is 6.50. The summed E-state index contributed by atoms with van der Waals surface area (Å²) >= 11 is 0. The summed E-state index contributed by atoms with van der Waals surface area (Å²) < 4.78 is 16.8. The van der Waals surface area contributed by atoms with E-state index in [-0.39, 0.29) is 31.1 Å². The topological polar surface area (TPSA) is 78.9 Å². The molecule has 0 aromatic rings. The van der Waals surface area contributed by atoms with E-state index in [9.17, 15) is 14.4 Å². The molecule has 0 aliphatic rings. The molecule has 0 spiro atoms. The molecule has 1 atom stereocenters. The maximum atomic E-state index is 12.8. The highest BCUT2D eigenvalue weighted by molar-refractivity contribution is 5.71. The number of hydrogen-bond donors (Lipinski definition) is 0. The quantitative estimate of drug-likeness (QED) is 0.0262. The van der Waals surface area contributed by atoms with E-state index in [4.69, 9.17) is 14.2 Å². The lowest BCUT2D eigenvalue weighted by Crippen LogP contribution is -2.30. The van der Waals surface area contributed by atoms with Crippen LogP contribution in [0.4, 0.5) is 0 Å². The van der Waals surface area contributed by atoms with Crippen LogP contribution in [0.3, 0.4) is 0 Å². The summed E-state index contributed by atoms with van der Waals surface area (Å²) in [5.41, 5.74) is 0. The molecule has 396 valence electrons. The standard InChI is InChI=1S/C63H108O6/c1-4-7-10-13-16-19-22-25-28-29-30-31-32-33-34-35-36-39-41-44-47-50-53-56-62(65)68-59-60(69-63(66)57-54-51-48-45-42-38-27-24-21-18-15-12-9-6-3)58-67-61(64)55-52-49-46-43-40-37-26-23-20-17-14-11-8-5-2/h7,10,16,19,23-28,30-31,33-34,60H,4-6,8-9,11-15,17-18,20-22,29,32,35-59H2,1-3H3/b10-7-,19-16-,26-23-,27-24-,28-25-,31-30-,34-33-. The molecular weight excluding hydrogens is 853 g/mol. The van der Waals surface area contributed by atoms with E-state index in [1.165, 1.54) is 122 Å². The van der Waals surface area contributed by atoms with Crippen molar-refractivity contribution >= 4 is 17.9 Å². The van der Waals surface area contributed by atoms with Crippen LogP contribution in [0.15, 0.2) is 85.1 Å². The highest BCUT2D eigenvalue weighted by atomic mass is 16.6. The van der Waals surface area contributed by atoms with Crippen LogP contribution in [0.25, 0.3) is 0 Å². The van der Waals surface area contributed by atoms with Crippen molar-refractivity contribution in [3.8, 4) is 0 Å². The van der Waals surface area contributed by atoms with Crippen molar-refractivity contribution in [1.29, 1.82) is 0 Å². The fourth-order valence-electron chi connectivity index (χ4n) is 7.99. The van der Waals surface area contributed by atoms with Gasteiger partial charge in [0.2, 0.25) is 0 Å². The van der Waals surface area contributed by atoms with Gasteiger partial charge in [-0.3, -0.25) is 14.4 Å². The normalized spacial score (nSPS) is 12.7. The molecule has 0 amide bonds. The van der Waals surface area contributed by atoms with E-state index < -0.39 is 6.10 Å². The van der Waals surface area contributed by atoms with Crippen LogP contribution in [-0.4, -0.2) is 37.2 Å². The van der Waals surface area contributed by atoms with Crippen molar-refractivity contribution in [1.82, 2.24) is 0 Å². The Kier molecular flexibility index (Phi) is 54.3. The molecule has 0 heterocycles. The molecule has 0 N–H and O–H groups in total. The zero-order valence-corrected chi connectivity index (χ0v) is 45.3. The van der Waals surface area contributed by atoms with Gasteiger partial charge in [0, 0.05) is 19.3 Å². The fraction of sp³-hybridized carbons (Fsp3) is 0.730. The van der Waals surface area contributed by atoms with Crippen molar-refractivity contribution < 1.29 is 28.6 Å². The van der Waals surface area contributed by atoms with Gasteiger partial charge >= 0.3 is 17.9 Å². The molecule has 0 rings (SSSR count). The highest BCUT2D eigenvalue weighted by Crippen LogP contribution is 2.14. The predicted molar refractivity (Wildman–Crippen MR) is 297 cm³/mol. The molecule has 0 aromatic heterocycles. The summed E-state index contributed by atoms with van der Waals surface area (Å²) in [6.07, 6.45) is 74.3. The van der Waals surface area contributed by atoms with Crippen molar-refractivity contribution in [2.75, 3.05) is 13.2 Å². The first-order valence-electron chi connectivity index (χ1n) is 29.1. The zero-order valence-electron chi connectivity index (χ0n) is 45.3. The molecule has 0 aromatic carbocycles. The first-order valence-corrected chi connectivity index (χ1v) is 29.1. The summed E-state index contributed by atoms with van der Waals surface area (Å²) in [5.74, 6) is -0.909. The molecule has 0 radical (unpaired) electrons. The van der Waals surface area contributed by atoms with E-state index in [1.54, 1.807) is 0 Å². The van der Waals surface area contributed by atoms with Gasteiger partial charge in [0.05, 0.1) is 0 Å². The van der Waals surface area contributed by atoms with Crippen molar-refractivity contribution in [2.24, 2.45) is 0 Å². The van der Waals surface area contributed by atoms with E-state index in [2.05, 4.69) is 106 Å². The lowest BCUT2D eigenvalue weighted by Gasteiger charge is -2.18. The average molecular weight is 962 g/mol.